The second-order valence-corrected chi connectivity index (χ2v) is 11.3. The van der Waals surface area contributed by atoms with E-state index in [0.29, 0.717) is 6.07 Å². The monoisotopic (exact) mass is 524 g/mol. The Morgan fingerprint density at radius 3 is 2.29 bits per heavy atom. The van der Waals surface area contributed by atoms with Crippen LogP contribution in [0.25, 0.3) is 0 Å². The molecule has 3 rings (SSSR count). The Kier molecular flexibility index (Phi) is 7.13. The van der Waals surface area contributed by atoms with Gasteiger partial charge in [0.2, 0.25) is 5.88 Å². The van der Waals surface area contributed by atoms with Crippen LogP contribution in [0.15, 0.2) is 47.5 Å². The minimum atomic E-state index is -4.68. The predicted octanol–water partition coefficient (Wildman–Crippen LogP) is 4.80. The van der Waals surface area contributed by atoms with Crippen LogP contribution in [0.3, 0.4) is 0 Å². The van der Waals surface area contributed by atoms with Crippen molar-refractivity contribution in [2.75, 3.05) is 6.61 Å². The van der Waals surface area contributed by atoms with Crippen LogP contribution in [0.4, 0.5) is 26.3 Å². The van der Waals surface area contributed by atoms with Crippen molar-refractivity contribution in [2.45, 2.75) is 54.7 Å². The normalized spacial score (nSPS) is 19.1. The molecular weight excluding hydrogens is 502 g/mol. The van der Waals surface area contributed by atoms with E-state index in [4.69, 9.17) is 0 Å². The van der Waals surface area contributed by atoms with Gasteiger partial charge in [0.05, 0.1) is 20.8 Å². The molecule has 1 amide bonds. The summed E-state index contributed by atoms with van der Waals surface area (Å²) < 4.78 is 105. The lowest BCUT2D eigenvalue weighted by Gasteiger charge is -2.45. The van der Waals surface area contributed by atoms with E-state index in [9.17, 15) is 39.6 Å². The largest absolute Gasteiger partial charge is 0.468 e. The zero-order valence-corrected chi connectivity index (χ0v) is 19.4. The molecule has 35 heavy (non-hydrogen) atoms. The molecule has 0 bridgehead atoms. The number of sulfone groups is 1. The lowest BCUT2D eigenvalue weighted by Crippen LogP contribution is -2.53. The van der Waals surface area contributed by atoms with Crippen LogP contribution in [0.2, 0.25) is 0 Å². The first-order valence-electron chi connectivity index (χ1n) is 10.4. The van der Waals surface area contributed by atoms with Crippen molar-refractivity contribution in [3.8, 4) is 5.88 Å². The van der Waals surface area contributed by atoms with Crippen molar-refractivity contribution >= 4 is 15.7 Å². The van der Waals surface area contributed by atoms with Crippen LogP contribution in [0.1, 0.15) is 42.6 Å². The van der Waals surface area contributed by atoms with Gasteiger partial charge in [-0.3, -0.25) is 4.79 Å². The van der Waals surface area contributed by atoms with Gasteiger partial charge >= 0.3 is 12.4 Å². The summed E-state index contributed by atoms with van der Waals surface area (Å²) in [6.07, 6.45) is -7.60. The molecular formula is C22H22F6N2O4S. The number of hydrogen-bond acceptors (Lipinski definition) is 5. The number of rotatable bonds is 7. The van der Waals surface area contributed by atoms with Crippen LogP contribution < -0.4 is 10.1 Å². The van der Waals surface area contributed by atoms with E-state index in [1.165, 1.54) is 19.9 Å². The second kappa shape index (κ2) is 9.32. The highest BCUT2D eigenvalue weighted by Crippen LogP contribution is 2.44. The number of pyridine rings is 1. The molecule has 0 saturated heterocycles. The fourth-order valence-corrected chi connectivity index (χ4v) is 5.47. The average Bonchev–Trinajstić information content (AvgIpc) is 2.73. The number of aromatic nitrogens is 1. The lowest BCUT2D eigenvalue weighted by molar-refractivity contribution is -0.154. The molecule has 0 spiro atoms. The summed E-state index contributed by atoms with van der Waals surface area (Å²) in [7, 11) is -4.12. The van der Waals surface area contributed by atoms with E-state index in [2.05, 4.69) is 15.0 Å². The van der Waals surface area contributed by atoms with Gasteiger partial charge in [-0.25, -0.2) is 13.4 Å². The summed E-state index contributed by atoms with van der Waals surface area (Å²) in [5, 5.41) is 2.69. The fourth-order valence-electron chi connectivity index (χ4n) is 3.69. The summed E-state index contributed by atoms with van der Waals surface area (Å²) in [6, 6.07) is 5.56. The maximum absolute atomic E-state index is 13.1. The topological polar surface area (TPSA) is 85.4 Å². The molecule has 1 aromatic carbocycles. The van der Waals surface area contributed by atoms with Crippen LogP contribution in [-0.4, -0.2) is 42.9 Å². The van der Waals surface area contributed by atoms with Crippen molar-refractivity contribution in [3.05, 3.63) is 53.7 Å². The minimum absolute atomic E-state index is 0.0728. The van der Waals surface area contributed by atoms with Crippen LogP contribution in [-0.2, 0) is 16.0 Å². The van der Waals surface area contributed by atoms with Crippen molar-refractivity contribution < 1.29 is 44.3 Å². The Morgan fingerprint density at radius 2 is 1.74 bits per heavy atom. The Hall–Kier alpha value is -2.83. The van der Waals surface area contributed by atoms with E-state index < -0.39 is 55.8 Å². The number of alkyl halides is 6. The van der Waals surface area contributed by atoms with Gasteiger partial charge in [0.1, 0.15) is 0 Å². The SMILES string of the molecule is CC(C)(C1CC(NC(=O)c2ccc(OCC(F)(F)F)nc2)C1)S(=O)(=O)c1cccc(C(F)(F)F)c1. The smallest absolute Gasteiger partial charge is 0.422 e. The number of hydrogen-bond donors (Lipinski definition) is 1. The highest BCUT2D eigenvalue weighted by Gasteiger charge is 2.49. The number of halogens is 6. The first-order valence-corrected chi connectivity index (χ1v) is 11.9. The van der Waals surface area contributed by atoms with Crippen molar-refractivity contribution in [1.29, 1.82) is 0 Å². The molecule has 0 radical (unpaired) electrons. The molecule has 6 nitrogen and oxygen atoms in total. The molecule has 2 aromatic rings. The number of nitrogens with zero attached hydrogens (tertiary/aromatic N) is 1. The fraction of sp³-hybridized carbons (Fsp3) is 0.455. The van der Waals surface area contributed by atoms with Gasteiger partial charge < -0.3 is 10.1 Å². The molecule has 1 aromatic heterocycles. The van der Waals surface area contributed by atoms with E-state index in [0.717, 1.165) is 30.5 Å². The van der Waals surface area contributed by atoms with Gasteiger partial charge in [0.15, 0.2) is 16.4 Å². The van der Waals surface area contributed by atoms with E-state index >= 15 is 0 Å². The average molecular weight is 524 g/mol. The Balaban J connectivity index is 1.60. The predicted molar refractivity (Wildman–Crippen MR) is 112 cm³/mol. The third-order valence-electron chi connectivity index (χ3n) is 6.00. The molecule has 1 saturated carbocycles. The third kappa shape index (κ3) is 6.06. The summed E-state index contributed by atoms with van der Waals surface area (Å²) in [5.74, 6) is -1.28. The van der Waals surface area contributed by atoms with Crippen LogP contribution >= 0.6 is 0 Å². The molecule has 0 atom stereocenters. The standard InChI is InChI=1S/C22H22F6N2O4S/c1-20(2,35(32,33)17-5-3-4-14(10-17)22(26,27)28)15-8-16(9-15)30-19(31)13-6-7-18(29-11-13)34-12-21(23,24)25/h3-7,10-11,15-16H,8-9,12H2,1-2H3,(H,30,31). The van der Waals surface area contributed by atoms with E-state index in [1.54, 1.807) is 0 Å². The number of benzene rings is 1. The highest BCUT2D eigenvalue weighted by atomic mass is 32.2. The summed E-state index contributed by atoms with van der Waals surface area (Å²) >= 11 is 0. The second-order valence-electron chi connectivity index (χ2n) is 8.76. The van der Waals surface area contributed by atoms with E-state index in [-0.39, 0.29) is 30.3 Å². The number of carbonyl (C=O) groups is 1. The molecule has 192 valence electrons. The first-order chi connectivity index (χ1) is 16.0. The van der Waals surface area contributed by atoms with Gasteiger partial charge in [-0.2, -0.15) is 26.3 Å². The molecule has 1 heterocycles. The number of carbonyl (C=O) groups excluding carboxylic acids is 1. The lowest BCUT2D eigenvalue weighted by atomic mass is 9.73. The van der Waals surface area contributed by atoms with Gasteiger partial charge in [-0.05, 0) is 56.9 Å². The molecule has 0 unspecified atom stereocenters. The maximum atomic E-state index is 13.1. The van der Waals surface area contributed by atoms with Gasteiger partial charge in [0, 0.05) is 18.3 Å². The highest BCUT2D eigenvalue weighted by molar-refractivity contribution is 7.92. The quantitative estimate of drug-likeness (QED) is 0.526. The molecule has 1 aliphatic carbocycles. The van der Waals surface area contributed by atoms with E-state index in [1.807, 2.05) is 0 Å². The maximum Gasteiger partial charge on any atom is 0.422 e. The Morgan fingerprint density at radius 1 is 1.09 bits per heavy atom. The molecule has 1 fully saturated rings. The Labute approximate surface area is 197 Å². The zero-order chi connectivity index (χ0) is 26.2. The summed E-state index contributed by atoms with van der Waals surface area (Å²) in [5.41, 5.74) is -0.986. The van der Waals surface area contributed by atoms with Gasteiger partial charge in [0.25, 0.3) is 5.91 Å². The van der Waals surface area contributed by atoms with Crippen LogP contribution in [0, 0.1) is 5.92 Å². The van der Waals surface area contributed by atoms with Gasteiger partial charge in [-0.15, -0.1) is 0 Å². The van der Waals surface area contributed by atoms with Crippen molar-refractivity contribution in [3.63, 3.8) is 0 Å². The van der Waals surface area contributed by atoms with Crippen molar-refractivity contribution in [1.82, 2.24) is 10.3 Å². The van der Waals surface area contributed by atoms with Crippen LogP contribution in [0.5, 0.6) is 5.88 Å². The Bertz CT molecular complexity index is 1170. The molecule has 1 aliphatic rings. The van der Waals surface area contributed by atoms with Crippen molar-refractivity contribution in [2.24, 2.45) is 5.92 Å². The summed E-state index contributed by atoms with van der Waals surface area (Å²) in [4.78, 5) is 15.6. The van der Waals surface area contributed by atoms with Gasteiger partial charge in [-0.1, -0.05) is 6.07 Å². The molecule has 0 aliphatic heterocycles. The number of amides is 1. The molecule has 1 N–H and O–H groups in total. The zero-order valence-electron chi connectivity index (χ0n) is 18.6. The molecule has 13 heteroatoms. The first kappa shape index (κ1) is 26.8. The minimum Gasteiger partial charge on any atom is -0.468 e. The number of nitrogens with one attached hydrogen (secondary N) is 1. The summed E-state index contributed by atoms with van der Waals surface area (Å²) in [6.45, 7) is 1.36. The number of ether oxygens (including phenoxy) is 1. The third-order valence-corrected chi connectivity index (χ3v) is 8.60.